The third-order valence-corrected chi connectivity index (χ3v) is 8.89. The maximum absolute atomic E-state index is 14.4. The second-order valence-electron chi connectivity index (χ2n) is 11.8. The van der Waals surface area contributed by atoms with Crippen molar-refractivity contribution in [3.8, 4) is 11.8 Å². The van der Waals surface area contributed by atoms with E-state index in [0.29, 0.717) is 24.0 Å². The number of hydrogen-bond donors (Lipinski definition) is 2. The number of nitrogens with zero attached hydrogens (tertiary/aromatic N) is 4. The van der Waals surface area contributed by atoms with Crippen molar-refractivity contribution in [1.29, 1.82) is 5.26 Å². The van der Waals surface area contributed by atoms with E-state index in [9.17, 15) is 33.1 Å². The molecule has 13 heteroatoms. The standard InChI is InChI=1S/C32H29F2N5O6/c1-17-9-23(33)21(24(34)10-17)13-36-30(43)22-15-38-25-16-37(31(44)27(38)29(42)28(22)41)18(2)7-8-32(25)11-26(40)39(45-32)14-20-5-3-19(12-35)4-6-20/h3-6,9-10,15,18,25,42H,7-8,11,13-14,16H2,1-2H3,(H,36,43)/t18-,25+,32-/m0/s1. The van der Waals surface area contributed by atoms with Crippen LogP contribution in [0.4, 0.5) is 8.78 Å². The molecule has 0 unspecified atom stereocenters. The summed E-state index contributed by atoms with van der Waals surface area (Å²) in [6, 6.07) is 9.87. The molecule has 2 saturated heterocycles. The molecule has 4 heterocycles. The minimum Gasteiger partial charge on any atom is -0.503 e. The molecule has 2 N–H and O–H groups in total. The third-order valence-electron chi connectivity index (χ3n) is 8.89. The minimum absolute atomic E-state index is 0.0669. The fourth-order valence-electron chi connectivity index (χ4n) is 6.40. The van der Waals surface area contributed by atoms with Gasteiger partial charge in [0.25, 0.3) is 11.8 Å². The number of nitriles is 1. The number of nitrogens with one attached hydrogen (secondary N) is 1. The van der Waals surface area contributed by atoms with Gasteiger partial charge in [0.2, 0.25) is 11.3 Å². The highest BCUT2D eigenvalue weighted by Crippen LogP contribution is 2.47. The first-order valence-electron chi connectivity index (χ1n) is 14.4. The van der Waals surface area contributed by atoms with Crippen molar-refractivity contribution in [2.75, 3.05) is 6.54 Å². The minimum atomic E-state index is -1.19. The van der Waals surface area contributed by atoms with Crippen molar-refractivity contribution >= 4 is 17.7 Å². The highest BCUT2D eigenvalue weighted by molar-refractivity contribution is 5.99. The third kappa shape index (κ3) is 5.10. The zero-order valence-corrected chi connectivity index (χ0v) is 24.5. The second kappa shape index (κ2) is 11.1. The van der Waals surface area contributed by atoms with Crippen LogP contribution in [0.15, 0.2) is 47.4 Å². The van der Waals surface area contributed by atoms with E-state index in [0.717, 1.165) is 23.9 Å². The number of carbonyl (C=O) groups is 3. The summed E-state index contributed by atoms with van der Waals surface area (Å²) in [5, 5.41) is 23.7. The Morgan fingerprint density at radius 1 is 1.18 bits per heavy atom. The number of fused-ring (bicyclic) bond motifs is 5. The number of rotatable bonds is 5. The van der Waals surface area contributed by atoms with E-state index >= 15 is 0 Å². The number of carbonyl (C=O) groups excluding carboxylic acids is 3. The molecule has 232 valence electrons. The predicted molar refractivity (Wildman–Crippen MR) is 154 cm³/mol. The molecule has 1 spiro atoms. The summed E-state index contributed by atoms with van der Waals surface area (Å²) in [6.07, 6.45) is 1.88. The number of hydrogen-bond acceptors (Lipinski definition) is 7. The average molecular weight is 618 g/mol. The molecule has 2 bridgehead atoms. The summed E-state index contributed by atoms with van der Waals surface area (Å²) in [4.78, 5) is 61.2. The van der Waals surface area contributed by atoms with Crippen LogP contribution >= 0.6 is 0 Å². The van der Waals surface area contributed by atoms with Crippen molar-refractivity contribution in [3.63, 3.8) is 0 Å². The van der Waals surface area contributed by atoms with Crippen LogP contribution in [0.2, 0.25) is 0 Å². The Morgan fingerprint density at radius 3 is 2.53 bits per heavy atom. The van der Waals surface area contributed by atoms with Gasteiger partial charge in [0.05, 0.1) is 30.6 Å². The smallest absolute Gasteiger partial charge is 0.274 e. The van der Waals surface area contributed by atoms with Gasteiger partial charge in [-0.05, 0) is 62.1 Å². The monoisotopic (exact) mass is 617 g/mol. The van der Waals surface area contributed by atoms with E-state index in [2.05, 4.69) is 5.32 Å². The van der Waals surface area contributed by atoms with Crippen LogP contribution in [0.5, 0.6) is 5.75 Å². The molecule has 1 aromatic heterocycles. The lowest BCUT2D eigenvalue weighted by molar-refractivity contribution is -0.218. The Hall–Kier alpha value is -5.09. The van der Waals surface area contributed by atoms with E-state index in [1.807, 2.05) is 13.0 Å². The molecule has 2 aromatic carbocycles. The largest absolute Gasteiger partial charge is 0.503 e. The number of aryl methyl sites for hydroxylation is 1. The van der Waals surface area contributed by atoms with Crippen LogP contribution in [0, 0.1) is 29.9 Å². The number of pyridine rings is 1. The number of aromatic nitrogens is 1. The number of benzene rings is 2. The van der Waals surface area contributed by atoms with E-state index in [-0.39, 0.29) is 37.2 Å². The van der Waals surface area contributed by atoms with Gasteiger partial charge in [0.15, 0.2) is 11.4 Å². The van der Waals surface area contributed by atoms with Crippen LogP contribution in [0.3, 0.4) is 0 Å². The fraction of sp³-hybridized carbons (Fsp3) is 0.344. The molecular weight excluding hydrogens is 588 g/mol. The summed E-state index contributed by atoms with van der Waals surface area (Å²) in [5.41, 5.74) is -2.05. The van der Waals surface area contributed by atoms with Gasteiger partial charge in [-0.1, -0.05) is 12.1 Å². The highest BCUT2D eigenvalue weighted by Gasteiger charge is 2.56. The first-order chi connectivity index (χ1) is 21.4. The molecule has 11 nitrogen and oxygen atoms in total. The number of amides is 3. The lowest BCUT2D eigenvalue weighted by atomic mass is 9.85. The first-order valence-corrected chi connectivity index (χ1v) is 14.4. The molecule has 3 amide bonds. The fourth-order valence-corrected chi connectivity index (χ4v) is 6.40. The quantitative estimate of drug-likeness (QED) is 0.447. The molecule has 0 radical (unpaired) electrons. The Morgan fingerprint density at radius 2 is 1.87 bits per heavy atom. The normalized spacial score (nSPS) is 22.3. The molecule has 45 heavy (non-hydrogen) atoms. The van der Waals surface area contributed by atoms with E-state index in [1.54, 1.807) is 24.3 Å². The van der Waals surface area contributed by atoms with Gasteiger partial charge < -0.3 is 19.9 Å². The van der Waals surface area contributed by atoms with Gasteiger partial charge in [-0.2, -0.15) is 5.26 Å². The van der Waals surface area contributed by atoms with Crippen molar-refractivity contribution in [3.05, 3.63) is 98.0 Å². The van der Waals surface area contributed by atoms with Crippen LogP contribution < -0.4 is 10.7 Å². The summed E-state index contributed by atoms with van der Waals surface area (Å²) >= 11 is 0. The summed E-state index contributed by atoms with van der Waals surface area (Å²) in [5.74, 6) is -4.62. The number of aromatic hydroxyl groups is 1. The van der Waals surface area contributed by atoms with Gasteiger partial charge in [0, 0.05) is 30.9 Å². The van der Waals surface area contributed by atoms with Crippen molar-refractivity contribution in [1.82, 2.24) is 19.8 Å². The Bertz CT molecular complexity index is 1830. The zero-order chi connectivity index (χ0) is 32.2. The van der Waals surface area contributed by atoms with Gasteiger partial charge in [-0.25, -0.2) is 13.8 Å². The van der Waals surface area contributed by atoms with E-state index in [4.69, 9.17) is 10.1 Å². The van der Waals surface area contributed by atoms with Gasteiger partial charge in [-0.3, -0.25) is 24.0 Å². The van der Waals surface area contributed by atoms with Gasteiger partial charge >= 0.3 is 0 Å². The van der Waals surface area contributed by atoms with E-state index in [1.165, 1.54) is 21.5 Å². The summed E-state index contributed by atoms with van der Waals surface area (Å²) in [7, 11) is 0. The molecule has 6 rings (SSSR count). The molecule has 2 fully saturated rings. The molecule has 3 aromatic rings. The van der Waals surface area contributed by atoms with Crippen molar-refractivity contribution in [2.24, 2.45) is 0 Å². The molecule has 0 saturated carbocycles. The Kier molecular flexibility index (Phi) is 7.40. The van der Waals surface area contributed by atoms with Gasteiger partial charge in [-0.15, -0.1) is 0 Å². The summed E-state index contributed by atoms with van der Waals surface area (Å²) in [6.45, 7) is 2.95. The SMILES string of the molecule is Cc1cc(F)c(CNC(=O)c2cn3c(c(O)c2=O)C(=O)N2C[C@@H]3[C@]3(CC[C@@H]2C)CC(=O)N(Cc2ccc(C#N)cc2)O3)c(F)c1. The van der Waals surface area contributed by atoms with Crippen LogP contribution in [0.25, 0.3) is 0 Å². The van der Waals surface area contributed by atoms with Crippen LogP contribution in [0.1, 0.15) is 75.3 Å². The highest BCUT2D eigenvalue weighted by atomic mass is 19.1. The summed E-state index contributed by atoms with van der Waals surface area (Å²) < 4.78 is 30.1. The Balaban J connectivity index is 1.36. The van der Waals surface area contributed by atoms with Crippen LogP contribution in [-0.4, -0.2) is 55.5 Å². The lowest BCUT2D eigenvalue weighted by Gasteiger charge is -2.42. The topological polar surface area (TPSA) is 145 Å². The maximum atomic E-state index is 14.4. The number of hydroxylamine groups is 2. The van der Waals surface area contributed by atoms with Crippen LogP contribution in [-0.2, 0) is 22.7 Å². The lowest BCUT2D eigenvalue weighted by Crippen LogP contribution is -2.52. The average Bonchev–Trinajstić information content (AvgIpc) is 3.26. The second-order valence-corrected chi connectivity index (χ2v) is 11.8. The molecule has 3 aliphatic heterocycles. The van der Waals surface area contributed by atoms with Crippen molar-refractivity contribution in [2.45, 2.75) is 63.9 Å². The molecule has 3 atom stereocenters. The number of halogens is 2. The van der Waals surface area contributed by atoms with Gasteiger partial charge in [0.1, 0.15) is 22.8 Å². The van der Waals surface area contributed by atoms with Crippen molar-refractivity contribution < 1.29 is 33.1 Å². The van der Waals surface area contributed by atoms with E-state index < -0.39 is 63.9 Å². The molecule has 0 aliphatic carbocycles. The predicted octanol–water partition coefficient (Wildman–Crippen LogP) is 3.22. The molecule has 3 aliphatic rings. The first kappa shape index (κ1) is 30.0. The maximum Gasteiger partial charge on any atom is 0.274 e. The Labute approximate surface area is 256 Å². The molecular formula is C32H29F2N5O6. The zero-order valence-electron chi connectivity index (χ0n) is 24.5.